The Bertz CT molecular complexity index is 2270. The van der Waals surface area contributed by atoms with Crippen molar-refractivity contribution in [2.45, 2.75) is 381 Å². The molecule has 17 unspecified atom stereocenters. The summed E-state index contributed by atoms with van der Waals surface area (Å²) in [5, 5.41) is 121. The summed E-state index contributed by atoms with van der Waals surface area (Å²) in [6.07, 6.45) is 58.7. The van der Waals surface area contributed by atoms with Crippen molar-refractivity contribution in [1.29, 1.82) is 0 Å². The Balaban J connectivity index is 1.37. The van der Waals surface area contributed by atoms with E-state index in [0.29, 0.717) is 12.8 Å². The zero-order chi connectivity index (χ0) is 73.9. The Morgan fingerprint density at radius 1 is 0.363 bits per heavy atom. The lowest BCUT2D eigenvalue weighted by Gasteiger charge is -2.48. The molecule has 0 bridgehead atoms. The van der Waals surface area contributed by atoms with Gasteiger partial charge in [-0.05, 0) is 83.5 Å². The quantitative estimate of drug-likeness (QED) is 0.0199. The molecule has 3 fully saturated rings. The summed E-state index contributed by atoms with van der Waals surface area (Å²) in [5.41, 5.74) is 0. The first-order valence-electron chi connectivity index (χ1n) is 40.1. The molecule has 588 valence electrons. The van der Waals surface area contributed by atoms with Gasteiger partial charge in [-0.1, -0.05) is 297 Å². The third-order valence-electron chi connectivity index (χ3n) is 19.4. The van der Waals surface area contributed by atoms with Gasteiger partial charge in [0, 0.05) is 6.42 Å². The highest BCUT2D eigenvalue weighted by atomic mass is 16.8. The van der Waals surface area contributed by atoms with E-state index in [2.05, 4.69) is 129 Å². The zero-order valence-electron chi connectivity index (χ0n) is 62.8. The number of hydrogen-bond acceptors (Lipinski definition) is 18. The molecule has 3 aliphatic heterocycles. The first-order valence-corrected chi connectivity index (χ1v) is 40.1. The van der Waals surface area contributed by atoms with Gasteiger partial charge in [-0.25, -0.2) is 0 Å². The lowest BCUT2D eigenvalue weighted by molar-refractivity contribution is -0.379. The van der Waals surface area contributed by atoms with Crippen LogP contribution in [0.25, 0.3) is 0 Å². The predicted molar refractivity (Wildman–Crippen MR) is 406 cm³/mol. The lowest BCUT2D eigenvalue weighted by atomic mass is 9.96. The molecule has 3 aliphatic rings. The van der Waals surface area contributed by atoms with Crippen LogP contribution >= 0.6 is 0 Å². The third-order valence-corrected chi connectivity index (χ3v) is 19.4. The summed E-state index contributed by atoms with van der Waals surface area (Å²) < 4.78 is 34.5. The predicted octanol–water partition coefficient (Wildman–Crippen LogP) is 13.3. The SMILES string of the molecule is CC/C=C\C/C=C\C/C=C\C/C=C\C/C=C\C/C=C\C/C=C\C/C=C\C/C=C\CCCCCCCCCC(=O)NC(COC1OC(CO)C(OC2OC(CO)C(OC3OC(CO)C(O)C(O)C3O)C(O)C2O)C(O)C1O)C(O)CCCCCCCCCCCCCCCCCCCCCCCC. The van der Waals surface area contributed by atoms with E-state index < -0.39 is 124 Å². The van der Waals surface area contributed by atoms with E-state index in [1.807, 2.05) is 0 Å². The average Bonchev–Trinajstić information content (AvgIpc) is 0.781. The largest absolute Gasteiger partial charge is 0.394 e. The molecule has 0 saturated carbocycles. The molecule has 19 heteroatoms. The van der Waals surface area contributed by atoms with Crippen molar-refractivity contribution < 1.29 is 89.4 Å². The molecular weight excluding hydrogens is 1300 g/mol. The molecule has 12 N–H and O–H groups in total. The minimum absolute atomic E-state index is 0.247. The molecule has 3 saturated heterocycles. The fourth-order valence-electron chi connectivity index (χ4n) is 13.0. The molecule has 0 aromatic rings. The van der Waals surface area contributed by atoms with Gasteiger partial charge in [0.1, 0.15) is 73.2 Å². The molecular formula is C83H143NO18. The topological polar surface area (TPSA) is 307 Å². The fourth-order valence-corrected chi connectivity index (χ4v) is 13.0. The summed E-state index contributed by atoms with van der Waals surface area (Å²) >= 11 is 0. The van der Waals surface area contributed by atoms with Crippen LogP contribution in [0.1, 0.15) is 277 Å². The minimum atomic E-state index is -1.98. The molecule has 19 nitrogen and oxygen atoms in total. The van der Waals surface area contributed by atoms with Gasteiger partial charge in [-0.15, -0.1) is 0 Å². The van der Waals surface area contributed by atoms with Gasteiger partial charge in [0.25, 0.3) is 0 Å². The highest BCUT2D eigenvalue weighted by Gasteiger charge is 2.54. The molecule has 17 atom stereocenters. The Hall–Kier alpha value is -3.55. The summed E-state index contributed by atoms with van der Waals surface area (Å²) in [6.45, 7) is 1.70. The highest BCUT2D eigenvalue weighted by Crippen LogP contribution is 2.33. The Morgan fingerprint density at radius 2 is 0.676 bits per heavy atom. The summed E-state index contributed by atoms with van der Waals surface area (Å²) in [5.74, 6) is -0.256. The van der Waals surface area contributed by atoms with Gasteiger partial charge in [-0.3, -0.25) is 4.79 Å². The fraction of sp³-hybridized carbons (Fsp3) is 0.771. The van der Waals surface area contributed by atoms with Crippen LogP contribution in [-0.4, -0.2) is 193 Å². The van der Waals surface area contributed by atoms with Crippen molar-refractivity contribution in [3.63, 3.8) is 0 Å². The maximum Gasteiger partial charge on any atom is 0.220 e. The van der Waals surface area contributed by atoms with Crippen molar-refractivity contribution in [2.75, 3.05) is 26.4 Å². The maximum absolute atomic E-state index is 13.5. The van der Waals surface area contributed by atoms with Crippen molar-refractivity contribution in [3.05, 3.63) is 109 Å². The number of carbonyl (C=O) groups excluding carboxylic acids is 1. The number of aliphatic hydroxyl groups excluding tert-OH is 11. The Kier molecular flexibility index (Phi) is 56.8. The van der Waals surface area contributed by atoms with Gasteiger partial charge in [-0.2, -0.15) is 0 Å². The van der Waals surface area contributed by atoms with Crippen LogP contribution in [0, 0.1) is 0 Å². The van der Waals surface area contributed by atoms with E-state index in [1.54, 1.807) is 0 Å². The van der Waals surface area contributed by atoms with E-state index in [0.717, 1.165) is 128 Å². The maximum atomic E-state index is 13.5. The van der Waals surface area contributed by atoms with Crippen molar-refractivity contribution in [2.24, 2.45) is 0 Å². The molecule has 0 aromatic heterocycles. The summed E-state index contributed by atoms with van der Waals surface area (Å²) in [6, 6.07) is -0.903. The molecule has 3 rings (SSSR count). The number of rotatable bonds is 62. The summed E-state index contributed by atoms with van der Waals surface area (Å²) in [4.78, 5) is 13.5. The van der Waals surface area contributed by atoms with E-state index in [-0.39, 0.29) is 18.9 Å². The number of amides is 1. The summed E-state index contributed by atoms with van der Waals surface area (Å²) in [7, 11) is 0. The Morgan fingerprint density at radius 3 is 1.06 bits per heavy atom. The lowest BCUT2D eigenvalue weighted by Crippen LogP contribution is -2.66. The molecule has 0 radical (unpaired) electrons. The number of carbonyl (C=O) groups is 1. The third kappa shape index (κ3) is 42.1. The average molecular weight is 1440 g/mol. The van der Waals surface area contributed by atoms with Crippen LogP contribution in [-0.2, 0) is 33.2 Å². The van der Waals surface area contributed by atoms with Crippen LogP contribution < -0.4 is 5.32 Å². The van der Waals surface area contributed by atoms with Gasteiger partial charge >= 0.3 is 0 Å². The second kappa shape index (κ2) is 62.5. The van der Waals surface area contributed by atoms with E-state index >= 15 is 0 Å². The zero-order valence-corrected chi connectivity index (χ0v) is 62.8. The van der Waals surface area contributed by atoms with E-state index in [9.17, 15) is 61.0 Å². The molecule has 102 heavy (non-hydrogen) atoms. The molecule has 0 spiro atoms. The highest BCUT2D eigenvalue weighted by molar-refractivity contribution is 5.76. The van der Waals surface area contributed by atoms with Crippen molar-refractivity contribution in [1.82, 2.24) is 5.32 Å². The Labute approximate surface area is 615 Å². The number of aliphatic hydroxyl groups is 11. The standard InChI is InChI=1S/C83H143NO18/c1-3-5-7-9-11-13-15-17-19-21-23-25-27-28-29-30-31-32-33-34-35-36-37-38-39-41-43-45-47-49-51-53-55-57-59-61-71(89)84-66(67(88)60-58-56-54-52-50-48-46-44-42-40-26-24-22-20-18-16-14-12-10-8-6-4-2)65-97-81-77(95)74(92)79(69(63-86)99-81)102-83-78(96)75(93)80(70(64-87)100-83)101-82-76(94)73(91)72(90)68(62-85)98-82/h5,7,11,13,17,19,23,25,28-29,31-32,34-35,37-38,41,43,66-70,72-83,85-88,90-96H,3-4,6,8-10,12,14-16,18,20-22,24,26-27,30,33,36,39-40,42,44-65H2,1-2H3,(H,84,89)/b7-5-,13-11-,19-17-,25-23-,29-28-,32-31-,35-34-,38-37-,43-41-. The van der Waals surface area contributed by atoms with Gasteiger partial charge in [0.05, 0.1) is 38.6 Å². The number of nitrogens with one attached hydrogen (secondary N) is 1. The normalized spacial score (nSPS) is 26.8. The number of unbranched alkanes of at least 4 members (excludes halogenated alkanes) is 28. The second-order valence-corrected chi connectivity index (χ2v) is 28.2. The second-order valence-electron chi connectivity index (χ2n) is 28.2. The van der Waals surface area contributed by atoms with Crippen molar-refractivity contribution >= 4 is 5.91 Å². The molecule has 0 aliphatic carbocycles. The van der Waals surface area contributed by atoms with E-state index in [4.69, 9.17) is 28.4 Å². The van der Waals surface area contributed by atoms with Crippen molar-refractivity contribution in [3.8, 4) is 0 Å². The van der Waals surface area contributed by atoms with Gasteiger partial charge < -0.3 is 89.9 Å². The van der Waals surface area contributed by atoms with Crippen LogP contribution in [0.5, 0.6) is 0 Å². The van der Waals surface area contributed by atoms with Gasteiger partial charge in [0.2, 0.25) is 5.91 Å². The molecule has 1 amide bonds. The van der Waals surface area contributed by atoms with Crippen LogP contribution in [0.4, 0.5) is 0 Å². The number of hydrogen-bond donors (Lipinski definition) is 12. The van der Waals surface area contributed by atoms with Crippen LogP contribution in [0.2, 0.25) is 0 Å². The first kappa shape index (κ1) is 92.7. The smallest absolute Gasteiger partial charge is 0.220 e. The first-order chi connectivity index (χ1) is 49.8. The number of allylic oxidation sites excluding steroid dienone is 18. The number of ether oxygens (including phenoxy) is 6. The minimum Gasteiger partial charge on any atom is -0.394 e. The van der Waals surface area contributed by atoms with Gasteiger partial charge in [0.15, 0.2) is 18.9 Å². The van der Waals surface area contributed by atoms with E-state index in [1.165, 1.54) is 116 Å². The molecule has 0 aromatic carbocycles. The molecule has 3 heterocycles. The van der Waals surface area contributed by atoms with Crippen LogP contribution in [0.3, 0.4) is 0 Å². The monoisotopic (exact) mass is 1440 g/mol. The van der Waals surface area contributed by atoms with Crippen LogP contribution in [0.15, 0.2) is 109 Å².